The summed E-state index contributed by atoms with van der Waals surface area (Å²) < 4.78 is 17.1. The van der Waals surface area contributed by atoms with E-state index in [0.29, 0.717) is 12.8 Å². The van der Waals surface area contributed by atoms with Crippen LogP contribution >= 0.6 is 0 Å². The minimum absolute atomic E-state index is 0.0354. The van der Waals surface area contributed by atoms with Crippen molar-refractivity contribution in [3.63, 3.8) is 0 Å². The molecule has 2 atom stereocenters. The Morgan fingerprint density at radius 3 is 1.54 bits per heavy atom. The fourth-order valence-corrected chi connectivity index (χ4v) is 6.12. The predicted molar refractivity (Wildman–Crippen MR) is 222 cm³/mol. The highest BCUT2D eigenvalue weighted by Gasteiger charge is 2.25. The summed E-state index contributed by atoms with van der Waals surface area (Å²) in [5.41, 5.74) is 0. The van der Waals surface area contributed by atoms with Gasteiger partial charge in [0.25, 0.3) is 0 Å². The summed E-state index contributed by atoms with van der Waals surface area (Å²) in [4.78, 5) is 36.8. The number of carboxylic acids is 1. The van der Waals surface area contributed by atoms with Crippen molar-refractivity contribution in [2.75, 3.05) is 41.0 Å². The smallest absolute Gasteiger partial charge is 0.306 e. The molecule has 0 fully saturated rings. The molecule has 0 radical (unpaired) electrons. The summed E-state index contributed by atoms with van der Waals surface area (Å²) in [5.74, 6) is -1.75. The van der Waals surface area contributed by atoms with Gasteiger partial charge in [-0.3, -0.25) is 9.59 Å². The van der Waals surface area contributed by atoms with E-state index in [-0.39, 0.29) is 42.7 Å². The molecule has 8 nitrogen and oxygen atoms in total. The third-order valence-corrected chi connectivity index (χ3v) is 9.48. The van der Waals surface area contributed by atoms with Gasteiger partial charge in [0.15, 0.2) is 6.10 Å². The molecular formula is C46H81NO7. The van der Waals surface area contributed by atoms with Crippen molar-refractivity contribution in [2.45, 2.75) is 187 Å². The lowest BCUT2D eigenvalue weighted by Gasteiger charge is -2.34. The number of esters is 2. The molecule has 0 bridgehead atoms. The van der Waals surface area contributed by atoms with Crippen LogP contribution in [0.3, 0.4) is 0 Å². The predicted octanol–water partition coefficient (Wildman–Crippen LogP) is 10.3. The Balaban J connectivity index is 4.36. The van der Waals surface area contributed by atoms with Gasteiger partial charge in [0, 0.05) is 19.3 Å². The van der Waals surface area contributed by atoms with E-state index < -0.39 is 18.1 Å². The molecule has 0 aromatic heterocycles. The monoisotopic (exact) mass is 760 g/mol. The Morgan fingerprint density at radius 1 is 0.574 bits per heavy atom. The molecule has 0 saturated carbocycles. The van der Waals surface area contributed by atoms with Gasteiger partial charge >= 0.3 is 11.9 Å². The van der Waals surface area contributed by atoms with E-state index >= 15 is 0 Å². The first-order chi connectivity index (χ1) is 26.1. The average Bonchev–Trinajstić information content (AvgIpc) is 3.12. The van der Waals surface area contributed by atoms with Crippen LogP contribution in [0.4, 0.5) is 0 Å². The minimum Gasteiger partial charge on any atom is -0.544 e. The number of ether oxygens (including phenoxy) is 3. The molecule has 0 rings (SSSR count). The molecule has 0 N–H and O–H groups in total. The highest BCUT2D eigenvalue weighted by Crippen LogP contribution is 2.14. The lowest BCUT2D eigenvalue weighted by atomic mass is 10.1. The maximum Gasteiger partial charge on any atom is 0.306 e. The number of hydrogen-bond acceptors (Lipinski definition) is 7. The van der Waals surface area contributed by atoms with Gasteiger partial charge in [-0.25, -0.2) is 0 Å². The average molecular weight is 760 g/mol. The Hall–Kier alpha value is -2.71. The molecule has 0 aliphatic rings. The van der Waals surface area contributed by atoms with Crippen LogP contribution in [-0.2, 0) is 28.6 Å². The molecule has 0 amide bonds. The molecule has 0 spiro atoms. The first-order valence-electron chi connectivity index (χ1n) is 21.7. The number of rotatable bonds is 38. The van der Waals surface area contributed by atoms with E-state index in [1.807, 2.05) is 0 Å². The fraction of sp³-hybridized carbons (Fsp3) is 0.761. The van der Waals surface area contributed by atoms with E-state index in [2.05, 4.69) is 62.5 Å². The maximum atomic E-state index is 12.7. The Labute approximate surface area is 331 Å². The largest absolute Gasteiger partial charge is 0.544 e. The van der Waals surface area contributed by atoms with Gasteiger partial charge in [0.1, 0.15) is 12.6 Å². The first kappa shape index (κ1) is 51.3. The van der Waals surface area contributed by atoms with Gasteiger partial charge in [0.2, 0.25) is 0 Å². The number of aliphatic carboxylic acids is 1. The molecule has 0 aromatic rings. The van der Waals surface area contributed by atoms with Crippen molar-refractivity contribution in [2.24, 2.45) is 0 Å². The zero-order valence-electron chi connectivity index (χ0n) is 35.4. The van der Waals surface area contributed by atoms with Crippen molar-refractivity contribution in [3.05, 3.63) is 48.6 Å². The molecule has 0 heterocycles. The third kappa shape index (κ3) is 35.0. The summed E-state index contributed by atoms with van der Waals surface area (Å²) in [7, 11) is 5.40. The van der Waals surface area contributed by atoms with Crippen LogP contribution in [0.5, 0.6) is 0 Å². The summed E-state index contributed by atoms with van der Waals surface area (Å²) in [6.07, 6.45) is 42.7. The van der Waals surface area contributed by atoms with Crippen molar-refractivity contribution in [1.29, 1.82) is 0 Å². The van der Waals surface area contributed by atoms with Crippen LogP contribution in [0, 0.1) is 0 Å². The van der Waals surface area contributed by atoms with Crippen molar-refractivity contribution in [3.8, 4) is 0 Å². The highest BCUT2D eigenvalue weighted by molar-refractivity contribution is 5.70. The van der Waals surface area contributed by atoms with Gasteiger partial charge in [0.05, 0.1) is 40.3 Å². The summed E-state index contributed by atoms with van der Waals surface area (Å²) in [5, 5.41) is 11.6. The number of carbonyl (C=O) groups excluding carboxylic acids is 3. The summed E-state index contributed by atoms with van der Waals surface area (Å²) >= 11 is 0. The molecule has 0 aromatic carbocycles. The van der Waals surface area contributed by atoms with Gasteiger partial charge in [-0.05, 0) is 51.4 Å². The number of allylic oxidation sites excluding steroid dienone is 8. The lowest BCUT2D eigenvalue weighted by molar-refractivity contribution is -0.889. The van der Waals surface area contributed by atoms with Crippen LogP contribution in [0.25, 0.3) is 0 Å². The number of carbonyl (C=O) groups is 3. The number of nitrogens with zero attached hydrogens (tertiary/aromatic N) is 1. The van der Waals surface area contributed by atoms with Gasteiger partial charge in [-0.15, -0.1) is 0 Å². The zero-order chi connectivity index (χ0) is 40.0. The molecule has 0 aliphatic carbocycles. The molecule has 2 unspecified atom stereocenters. The minimum atomic E-state index is -1.13. The summed E-state index contributed by atoms with van der Waals surface area (Å²) in [6.45, 7) is 4.52. The van der Waals surface area contributed by atoms with Gasteiger partial charge < -0.3 is 28.6 Å². The number of quaternary nitrogens is 1. The lowest BCUT2D eigenvalue weighted by Crippen LogP contribution is -2.55. The number of likely N-dealkylation sites (N-methyl/N-ethyl adjacent to an activating group) is 1. The molecule has 312 valence electrons. The SMILES string of the molecule is CC/C=C\C/C=C\C/C=C\C/C=C\CCCCCCCCC(=O)OC(COCCC(C(=O)[O-])[N+](C)(C)C)COC(=O)CCCCCCCCCCCCC. The van der Waals surface area contributed by atoms with E-state index in [1.165, 1.54) is 64.2 Å². The number of unbranched alkanes of at least 4 members (excludes halogenated alkanes) is 16. The van der Waals surface area contributed by atoms with E-state index in [4.69, 9.17) is 14.2 Å². The van der Waals surface area contributed by atoms with Crippen LogP contribution in [-0.4, -0.2) is 75.5 Å². The van der Waals surface area contributed by atoms with Crippen LogP contribution < -0.4 is 5.11 Å². The molecule has 0 saturated heterocycles. The van der Waals surface area contributed by atoms with E-state index in [9.17, 15) is 19.5 Å². The number of hydrogen-bond donors (Lipinski definition) is 0. The Morgan fingerprint density at radius 2 is 1.04 bits per heavy atom. The normalized spacial score (nSPS) is 13.4. The zero-order valence-corrected chi connectivity index (χ0v) is 35.4. The van der Waals surface area contributed by atoms with Crippen molar-refractivity contribution in [1.82, 2.24) is 0 Å². The van der Waals surface area contributed by atoms with Crippen LogP contribution in [0.1, 0.15) is 174 Å². The second-order valence-electron chi connectivity index (χ2n) is 15.6. The third-order valence-electron chi connectivity index (χ3n) is 9.48. The number of carboxylic acid groups (broad SMARTS) is 1. The first-order valence-corrected chi connectivity index (χ1v) is 21.7. The fourth-order valence-electron chi connectivity index (χ4n) is 6.12. The quantitative estimate of drug-likeness (QED) is 0.0267. The van der Waals surface area contributed by atoms with E-state index in [0.717, 1.165) is 77.0 Å². The highest BCUT2D eigenvalue weighted by atomic mass is 16.6. The standard InChI is InChI=1S/C46H81NO7/c1-6-8-10-12-14-16-18-19-20-21-22-23-24-25-27-29-31-33-35-37-45(49)54-42(40-52-39-38-43(46(50)51)47(3,4)5)41-53-44(48)36-34-32-30-28-26-17-15-13-11-9-7-2/h8,10,14,16,19-20,22-23,42-43H,6-7,9,11-13,15,17-18,21,24-41H2,1-5H3/b10-8-,16-14-,20-19-,23-22-. The van der Waals surface area contributed by atoms with Crippen molar-refractivity contribution < 1.29 is 38.2 Å². The van der Waals surface area contributed by atoms with Crippen LogP contribution in [0.15, 0.2) is 48.6 Å². The van der Waals surface area contributed by atoms with Gasteiger partial charge in [-0.2, -0.15) is 0 Å². The second kappa shape index (κ2) is 37.2. The molecular weight excluding hydrogens is 679 g/mol. The molecule has 54 heavy (non-hydrogen) atoms. The Bertz CT molecular complexity index is 1030. The second-order valence-corrected chi connectivity index (χ2v) is 15.6. The molecule has 8 heteroatoms. The maximum absolute atomic E-state index is 12.7. The molecule has 0 aliphatic heterocycles. The van der Waals surface area contributed by atoms with Crippen molar-refractivity contribution >= 4 is 17.9 Å². The van der Waals surface area contributed by atoms with Gasteiger partial charge in [-0.1, -0.05) is 152 Å². The summed E-state index contributed by atoms with van der Waals surface area (Å²) in [6, 6.07) is -0.727. The topological polar surface area (TPSA) is 102 Å². The van der Waals surface area contributed by atoms with E-state index in [1.54, 1.807) is 21.1 Å². The van der Waals surface area contributed by atoms with Crippen LogP contribution in [0.2, 0.25) is 0 Å². The Kier molecular flexibility index (Phi) is 35.4.